The number of amides is 2. The Morgan fingerprint density at radius 3 is 2.64 bits per heavy atom. The predicted molar refractivity (Wildman–Crippen MR) is 83.6 cm³/mol. The van der Waals surface area contributed by atoms with Gasteiger partial charge in [-0.1, -0.05) is 0 Å². The molecule has 0 bridgehead atoms. The SMILES string of the molecule is CC(C)N(C)[C@@H]1CC[C@H](N2CC[C@H](NC(=O)O)C2=O)[C@@H](N)C1. The van der Waals surface area contributed by atoms with Crippen molar-refractivity contribution in [3.63, 3.8) is 0 Å². The number of carbonyl (C=O) groups excluding carboxylic acids is 1. The predicted octanol–water partition coefficient (Wildman–Crippen LogP) is 0.444. The average Bonchev–Trinajstić information content (AvgIpc) is 2.78. The van der Waals surface area contributed by atoms with Crippen molar-refractivity contribution >= 4 is 12.0 Å². The average molecular weight is 312 g/mol. The summed E-state index contributed by atoms with van der Waals surface area (Å²) in [7, 11) is 2.12. The van der Waals surface area contributed by atoms with Crippen LogP contribution in [0.5, 0.6) is 0 Å². The third-order valence-corrected chi connectivity index (χ3v) is 5.16. The van der Waals surface area contributed by atoms with Crippen molar-refractivity contribution in [3.8, 4) is 0 Å². The first kappa shape index (κ1) is 17.0. The van der Waals surface area contributed by atoms with E-state index in [0.717, 1.165) is 19.3 Å². The fourth-order valence-corrected chi connectivity index (χ4v) is 3.66. The van der Waals surface area contributed by atoms with Crippen LogP contribution in [-0.4, -0.2) is 70.7 Å². The van der Waals surface area contributed by atoms with Crippen molar-refractivity contribution in [2.45, 2.75) is 69.7 Å². The van der Waals surface area contributed by atoms with Gasteiger partial charge in [-0.2, -0.15) is 0 Å². The van der Waals surface area contributed by atoms with Gasteiger partial charge in [0.2, 0.25) is 5.91 Å². The minimum absolute atomic E-state index is 0.0323. The van der Waals surface area contributed by atoms with Gasteiger partial charge in [0, 0.05) is 30.7 Å². The number of nitrogens with two attached hydrogens (primary N) is 1. The zero-order chi connectivity index (χ0) is 16.4. The summed E-state index contributed by atoms with van der Waals surface area (Å²) in [4.78, 5) is 27.2. The van der Waals surface area contributed by atoms with Crippen LogP contribution in [-0.2, 0) is 4.79 Å². The first-order valence-electron chi connectivity index (χ1n) is 8.08. The fraction of sp³-hybridized carbons (Fsp3) is 0.867. The molecular weight excluding hydrogens is 284 g/mol. The van der Waals surface area contributed by atoms with Gasteiger partial charge in [0.1, 0.15) is 6.04 Å². The monoisotopic (exact) mass is 312 g/mol. The Kier molecular flexibility index (Phi) is 5.28. The second-order valence-electron chi connectivity index (χ2n) is 6.78. The molecule has 1 aliphatic heterocycles. The molecule has 2 fully saturated rings. The standard InChI is InChI=1S/C15H28N4O3/c1-9(2)18(3)10-4-5-13(11(16)8-10)19-7-6-12(14(19)20)17-15(21)22/h9-13,17H,4-8,16H2,1-3H3,(H,21,22)/t10-,11+,12+,13+/m1/s1. The van der Waals surface area contributed by atoms with E-state index < -0.39 is 12.1 Å². The number of likely N-dealkylation sites (tertiary alicyclic amines) is 1. The minimum Gasteiger partial charge on any atom is -0.465 e. The number of hydrogen-bond acceptors (Lipinski definition) is 4. The topological polar surface area (TPSA) is 98.9 Å². The molecule has 0 aromatic rings. The van der Waals surface area contributed by atoms with Gasteiger partial charge in [-0.15, -0.1) is 0 Å². The number of hydrogen-bond donors (Lipinski definition) is 3. The van der Waals surface area contributed by atoms with Crippen LogP contribution in [0.2, 0.25) is 0 Å². The van der Waals surface area contributed by atoms with Gasteiger partial charge in [0.05, 0.1) is 0 Å². The van der Waals surface area contributed by atoms with Crippen molar-refractivity contribution in [2.24, 2.45) is 5.73 Å². The Morgan fingerprint density at radius 2 is 2.09 bits per heavy atom. The van der Waals surface area contributed by atoms with E-state index in [9.17, 15) is 9.59 Å². The summed E-state index contributed by atoms with van der Waals surface area (Å²) < 4.78 is 0. The number of nitrogens with zero attached hydrogens (tertiary/aromatic N) is 2. The van der Waals surface area contributed by atoms with Gasteiger partial charge >= 0.3 is 6.09 Å². The van der Waals surface area contributed by atoms with Crippen LogP contribution >= 0.6 is 0 Å². The maximum atomic E-state index is 12.3. The van der Waals surface area contributed by atoms with E-state index in [0.29, 0.717) is 25.0 Å². The van der Waals surface area contributed by atoms with Gasteiger partial charge in [-0.25, -0.2) is 4.79 Å². The third kappa shape index (κ3) is 3.52. The molecule has 7 heteroatoms. The van der Waals surface area contributed by atoms with Gasteiger partial charge < -0.3 is 26.0 Å². The molecule has 4 N–H and O–H groups in total. The largest absolute Gasteiger partial charge is 0.465 e. The Balaban J connectivity index is 1.95. The van der Waals surface area contributed by atoms with Crippen LogP contribution in [0.3, 0.4) is 0 Å². The Hall–Kier alpha value is -1.34. The zero-order valence-corrected chi connectivity index (χ0v) is 13.7. The second-order valence-corrected chi connectivity index (χ2v) is 6.78. The van der Waals surface area contributed by atoms with Crippen molar-refractivity contribution < 1.29 is 14.7 Å². The molecule has 0 aromatic heterocycles. The first-order valence-corrected chi connectivity index (χ1v) is 8.08. The number of nitrogens with one attached hydrogen (secondary N) is 1. The number of rotatable bonds is 4. The fourth-order valence-electron chi connectivity index (χ4n) is 3.66. The molecular formula is C15H28N4O3. The van der Waals surface area contributed by atoms with E-state index in [-0.39, 0.29) is 18.0 Å². The molecule has 1 heterocycles. The Bertz CT molecular complexity index is 429. The summed E-state index contributed by atoms with van der Waals surface area (Å²) in [6.07, 6.45) is 2.17. The first-order chi connectivity index (χ1) is 10.3. The molecule has 0 radical (unpaired) electrons. The van der Waals surface area contributed by atoms with E-state index in [2.05, 4.69) is 31.1 Å². The molecule has 1 aliphatic carbocycles. The van der Waals surface area contributed by atoms with E-state index in [4.69, 9.17) is 10.8 Å². The summed E-state index contributed by atoms with van der Waals surface area (Å²) in [5, 5.41) is 11.1. The van der Waals surface area contributed by atoms with Crippen molar-refractivity contribution in [1.82, 2.24) is 15.1 Å². The van der Waals surface area contributed by atoms with Crippen LogP contribution in [0.25, 0.3) is 0 Å². The molecule has 0 aromatic carbocycles. The lowest BCUT2D eigenvalue weighted by molar-refractivity contribution is -0.132. The minimum atomic E-state index is -1.15. The number of carboxylic acid groups (broad SMARTS) is 1. The van der Waals surface area contributed by atoms with E-state index in [1.807, 2.05) is 0 Å². The Labute approximate surface area is 131 Å². The zero-order valence-electron chi connectivity index (χ0n) is 13.7. The molecule has 7 nitrogen and oxygen atoms in total. The molecule has 126 valence electrons. The lowest BCUT2D eigenvalue weighted by atomic mass is 9.85. The van der Waals surface area contributed by atoms with Gasteiger partial charge in [-0.05, 0) is 46.6 Å². The molecule has 1 saturated heterocycles. The number of carbonyl (C=O) groups is 2. The molecule has 2 amide bonds. The van der Waals surface area contributed by atoms with Crippen molar-refractivity contribution in [1.29, 1.82) is 0 Å². The maximum Gasteiger partial charge on any atom is 0.405 e. The summed E-state index contributed by atoms with van der Waals surface area (Å²) in [5.41, 5.74) is 6.34. The summed E-state index contributed by atoms with van der Waals surface area (Å²) in [6, 6.07) is 0.307. The summed E-state index contributed by atoms with van der Waals surface area (Å²) in [6.45, 7) is 4.93. The van der Waals surface area contributed by atoms with Crippen LogP contribution in [0.15, 0.2) is 0 Å². The second kappa shape index (κ2) is 6.83. The third-order valence-electron chi connectivity index (χ3n) is 5.16. The normalized spacial score (nSPS) is 32.8. The van der Waals surface area contributed by atoms with Crippen LogP contribution < -0.4 is 11.1 Å². The molecule has 0 spiro atoms. The van der Waals surface area contributed by atoms with Crippen molar-refractivity contribution in [2.75, 3.05) is 13.6 Å². The smallest absolute Gasteiger partial charge is 0.405 e. The van der Waals surface area contributed by atoms with Crippen molar-refractivity contribution in [3.05, 3.63) is 0 Å². The lowest BCUT2D eigenvalue weighted by Crippen LogP contribution is -2.56. The molecule has 2 rings (SSSR count). The maximum absolute atomic E-state index is 12.3. The van der Waals surface area contributed by atoms with Crippen LogP contribution in [0.1, 0.15) is 39.5 Å². The van der Waals surface area contributed by atoms with Crippen LogP contribution in [0.4, 0.5) is 4.79 Å². The quantitative estimate of drug-likeness (QED) is 0.700. The highest BCUT2D eigenvalue weighted by atomic mass is 16.4. The highest BCUT2D eigenvalue weighted by molar-refractivity contribution is 5.87. The van der Waals surface area contributed by atoms with E-state index in [1.54, 1.807) is 4.90 Å². The molecule has 0 unspecified atom stereocenters. The lowest BCUT2D eigenvalue weighted by Gasteiger charge is -2.43. The van der Waals surface area contributed by atoms with Gasteiger partial charge in [0.15, 0.2) is 0 Å². The van der Waals surface area contributed by atoms with Gasteiger partial charge in [0.25, 0.3) is 0 Å². The Morgan fingerprint density at radius 1 is 1.41 bits per heavy atom. The molecule has 4 atom stereocenters. The van der Waals surface area contributed by atoms with Crippen LogP contribution in [0, 0.1) is 0 Å². The molecule has 22 heavy (non-hydrogen) atoms. The summed E-state index contributed by atoms with van der Waals surface area (Å²) in [5.74, 6) is -0.126. The molecule has 1 saturated carbocycles. The highest BCUT2D eigenvalue weighted by Crippen LogP contribution is 2.29. The van der Waals surface area contributed by atoms with Gasteiger partial charge in [-0.3, -0.25) is 4.79 Å². The van der Waals surface area contributed by atoms with E-state index in [1.165, 1.54) is 0 Å². The molecule has 2 aliphatic rings. The highest BCUT2D eigenvalue weighted by Gasteiger charge is 2.41. The van der Waals surface area contributed by atoms with E-state index >= 15 is 0 Å². The summed E-state index contributed by atoms with van der Waals surface area (Å²) >= 11 is 0.